The van der Waals surface area contributed by atoms with Crippen molar-refractivity contribution in [2.24, 2.45) is 0 Å². The Morgan fingerprint density at radius 1 is 1.10 bits per heavy atom. The van der Waals surface area contributed by atoms with Crippen LogP contribution in [-0.4, -0.2) is 29.4 Å². The Balaban J connectivity index is 1.78. The summed E-state index contributed by atoms with van der Waals surface area (Å²) in [6, 6.07) is 8.91. The van der Waals surface area contributed by atoms with Gasteiger partial charge in [0.2, 0.25) is 11.7 Å². The molecule has 0 radical (unpaired) electrons. The molecule has 1 amide bonds. The van der Waals surface area contributed by atoms with E-state index < -0.39 is 0 Å². The van der Waals surface area contributed by atoms with E-state index in [1.807, 2.05) is 26.0 Å². The lowest BCUT2D eigenvalue weighted by atomic mass is 10.1. The fraction of sp³-hybridized carbons (Fsp3) is 0.286. The maximum absolute atomic E-state index is 12.2. The molecule has 8 nitrogen and oxygen atoms in total. The number of hydrogen-bond acceptors (Lipinski definition) is 7. The molecular weight excluding hydrogens is 374 g/mol. The third-order valence-electron chi connectivity index (χ3n) is 3.81. The molecule has 152 valence electrons. The summed E-state index contributed by atoms with van der Waals surface area (Å²) >= 11 is 0. The van der Waals surface area contributed by atoms with Crippen LogP contribution in [0.5, 0.6) is 11.5 Å². The van der Waals surface area contributed by atoms with Crippen molar-refractivity contribution in [3.05, 3.63) is 48.4 Å². The number of nitrogens with zero attached hydrogens (tertiary/aromatic N) is 2. The fourth-order valence-corrected chi connectivity index (χ4v) is 2.47. The zero-order valence-corrected chi connectivity index (χ0v) is 16.4. The maximum atomic E-state index is 12.2. The lowest BCUT2D eigenvalue weighted by molar-refractivity contribution is -0.111. The van der Waals surface area contributed by atoms with Crippen molar-refractivity contribution < 1.29 is 23.3 Å². The first-order valence-corrected chi connectivity index (χ1v) is 9.46. The number of benzene rings is 1. The Labute approximate surface area is 168 Å². The third kappa shape index (κ3) is 5.47. The first kappa shape index (κ1) is 20.2. The number of carbonyl (C=O) groups excluding carboxylic acids is 1. The first-order chi connectivity index (χ1) is 14.2. The van der Waals surface area contributed by atoms with Gasteiger partial charge in [0, 0.05) is 11.6 Å². The van der Waals surface area contributed by atoms with Crippen LogP contribution in [0.4, 0.5) is 5.82 Å². The number of carbonyl (C=O) groups is 1. The van der Waals surface area contributed by atoms with Crippen molar-refractivity contribution in [3.8, 4) is 22.8 Å². The minimum atomic E-state index is -0.385. The highest BCUT2D eigenvalue weighted by Crippen LogP contribution is 2.34. The van der Waals surface area contributed by atoms with Gasteiger partial charge in [-0.25, -0.2) is 4.63 Å². The van der Waals surface area contributed by atoms with E-state index in [-0.39, 0.29) is 11.7 Å². The molecule has 0 aliphatic rings. The summed E-state index contributed by atoms with van der Waals surface area (Å²) in [6.45, 7) is 5.22. The van der Waals surface area contributed by atoms with Crippen LogP contribution in [-0.2, 0) is 4.79 Å². The number of hydrogen-bond donors (Lipinski definition) is 1. The summed E-state index contributed by atoms with van der Waals surface area (Å²) in [5.74, 6) is 1.66. The molecule has 0 saturated heterocycles. The molecule has 0 spiro atoms. The Bertz CT molecular complexity index is 947. The number of amides is 1. The second-order valence-corrected chi connectivity index (χ2v) is 6.16. The number of nitrogens with one attached hydrogen (secondary N) is 1. The molecule has 0 aliphatic carbocycles. The molecule has 3 aromatic rings. The van der Waals surface area contributed by atoms with Crippen molar-refractivity contribution in [2.75, 3.05) is 18.5 Å². The van der Waals surface area contributed by atoms with Gasteiger partial charge in [0.1, 0.15) is 5.76 Å². The molecule has 1 N–H and O–H groups in total. The van der Waals surface area contributed by atoms with E-state index in [9.17, 15) is 4.79 Å². The summed E-state index contributed by atoms with van der Waals surface area (Å²) < 4.78 is 21.6. The lowest BCUT2D eigenvalue weighted by Crippen LogP contribution is -2.09. The highest BCUT2D eigenvalue weighted by atomic mass is 16.6. The summed E-state index contributed by atoms with van der Waals surface area (Å²) in [4.78, 5) is 12.2. The Morgan fingerprint density at radius 3 is 2.62 bits per heavy atom. The van der Waals surface area contributed by atoms with Crippen LogP contribution in [0.15, 0.2) is 51.7 Å². The van der Waals surface area contributed by atoms with Gasteiger partial charge in [0.15, 0.2) is 17.2 Å². The maximum Gasteiger partial charge on any atom is 0.249 e. The van der Waals surface area contributed by atoms with Gasteiger partial charge in [0.05, 0.1) is 19.5 Å². The molecule has 3 rings (SSSR count). The van der Waals surface area contributed by atoms with Gasteiger partial charge in [-0.1, -0.05) is 13.8 Å². The van der Waals surface area contributed by atoms with Crippen LogP contribution in [0.1, 0.15) is 32.4 Å². The van der Waals surface area contributed by atoms with Gasteiger partial charge in [-0.05, 0) is 59.6 Å². The van der Waals surface area contributed by atoms with E-state index in [1.165, 1.54) is 12.3 Å². The largest absolute Gasteiger partial charge is 0.490 e. The van der Waals surface area contributed by atoms with Gasteiger partial charge in [0.25, 0.3) is 0 Å². The first-order valence-electron chi connectivity index (χ1n) is 9.46. The second-order valence-electron chi connectivity index (χ2n) is 6.16. The van der Waals surface area contributed by atoms with Crippen LogP contribution in [0.25, 0.3) is 17.3 Å². The molecule has 29 heavy (non-hydrogen) atoms. The number of rotatable bonds is 10. The molecule has 0 fully saturated rings. The van der Waals surface area contributed by atoms with Crippen LogP contribution in [0.2, 0.25) is 0 Å². The number of furan rings is 1. The quantitative estimate of drug-likeness (QED) is 0.501. The molecule has 1 aromatic carbocycles. The van der Waals surface area contributed by atoms with Crippen LogP contribution in [0, 0.1) is 0 Å². The molecule has 2 heterocycles. The van der Waals surface area contributed by atoms with Crippen molar-refractivity contribution in [1.29, 1.82) is 0 Å². The van der Waals surface area contributed by atoms with Gasteiger partial charge >= 0.3 is 0 Å². The van der Waals surface area contributed by atoms with E-state index in [0.29, 0.717) is 41.7 Å². The molecule has 0 atom stereocenters. The van der Waals surface area contributed by atoms with Gasteiger partial charge in [-0.3, -0.25) is 4.79 Å². The van der Waals surface area contributed by atoms with E-state index in [4.69, 9.17) is 18.5 Å². The van der Waals surface area contributed by atoms with Crippen LogP contribution >= 0.6 is 0 Å². The highest BCUT2D eigenvalue weighted by molar-refractivity contribution is 6.02. The Morgan fingerprint density at radius 2 is 1.90 bits per heavy atom. The van der Waals surface area contributed by atoms with Gasteiger partial charge in [-0.15, -0.1) is 0 Å². The molecule has 2 aromatic heterocycles. The standard InChI is InChI=1S/C21H23N3O5/c1-3-11-27-17-9-7-15(14-18(17)28-12-4-2)20-21(24-29-23-20)22-19(25)10-8-16-6-5-13-26-16/h5-10,13-14H,3-4,11-12H2,1-2H3,(H,22,24,25)/b10-8+. The lowest BCUT2D eigenvalue weighted by Gasteiger charge is -2.13. The Kier molecular flexibility index (Phi) is 7.05. The monoisotopic (exact) mass is 397 g/mol. The minimum absolute atomic E-state index is 0.211. The van der Waals surface area contributed by atoms with E-state index in [1.54, 1.807) is 24.3 Å². The number of ether oxygens (including phenoxy) is 2. The normalized spacial score (nSPS) is 11.0. The second kappa shape index (κ2) is 10.1. The molecule has 0 bridgehead atoms. The van der Waals surface area contributed by atoms with Crippen molar-refractivity contribution in [1.82, 2.24) is 10.3 Å². The van der Waals surface area contributed by atoms with Crippen LogP contribution < -0.4 is 14.8 Å². The molecule has 0 unspecified atom stereocenters. The van der Waals surface area contributed by atoms with Gasteiger partial charge < -0.3 is 19.2 Å². The Hall–Kier alpha value is -3.55. The van der Waals surface area contributed by atoms with Crippen molar-refractivity contribution in [2.45, 2.75) is 26.7 Å². The smallest absolute Gasteiger partial charge is 0.249 e. The third-order valence-corrected chi connectivity index (χ3v) is 3.81. The van der Waals surface area contributed by atoms with Crippen molar-refractivity contribution >= 4 is 17.8 Å². The predicted octanol–water partition coefficient (Wildman–Crippen LogP) is 4.56. The average Bonchev–Trinajstić information content (AvgIpc) is 3.41. The molecular formula is C21H23N3O5. The summed E-state index contributed by atoms with van der Waals surface area (Å²) in [6.07, 6.45) is 6.19. The molecule has 8 heteroatoms. The average molecular weight is 397 g/mol. The number of anilines is 1. The fourth-order valence-electron chi connectivity index (χ4n) is 2.47. The topological polar surface area (TPSA) is 99.6 Å². The summed E-state index contributed by atoms with van der Waals surface area (Å²) in [5, 5.41) is 10.4. The number of aromatic nitrogens is 2. The van der Waals surface area contributed by atoms with Gasteiger partial charge in [-0.2, -0.15) is 0 Å². The predicted molar refractivity (Wildman–Crippen MR) is 108 cm³/mol. The van der Waals surface area contributed by atoms with E-state index in [0.717, 1.165) is 12.8 Å². The highest BCUT2D eigenvalue weighted by Gasteiger charge is 2.17. The van der Waals surface area contributed by atoms with E-state index >= 15 is 0 Å². The molecule has 0 saturated carbocycles. The minimum Gasteiger partial charge on any atom is -0.490 e. The SMILES string of the molecule is CCCOc1ccc(-c2nonc2NC(=O)/C=C/c2ccco2)cc1OCCC. The summed E-state index contributed by atoms with van der Waals surface area (Å²) in [5.41, 5.74) is 1.08. The zero-order chi connectivity index (χ0) is 20.5. The van der Waals surface area contributed by atoms with Crippen LogP contribution in [0.3, 0.4) is 0 Å². The molecule has 0 aliphatic heterocycles. The van der Waals surface area contributed by atoms with E-state index in [2.05, 4.69) is 15.6 Å². The zero-order valence-electron chi connectivity index (χ0n) is 16.4. The summed E-state index contributed by atoms with van der Waals surface area (Å²) in [7, 11) is 0. The van der Waals surface area contributed by atoms with Crippen molar-refractivity contribution in [3.63, 3.8) is 0 Å².